The molecule has 0 saturated heterocycles. The van der Waals surface area contributed by atoms with Crippen LogP contribution in [0.15, 0.2) is 28.9 Å². The molecule has 0 radical (unpaired) electrons. The van der Waals surface area contributed by atoms with Gasteiger partial charge in [-0.25, -0.2) is 9.48 Å². The van der Waals surface area contributed by atoms with Crippen molar-refractivity contribution >= 4 is 33.5 Å². The van der Waals surface area contributed by atoms with Crippen molar-refractivity contribution in [2.45, 2.75) is 0 Å². The summed E-state index contributed by atoms with van der Waals surface area (Å²) in [6, 6.07) is 5.06. The lowest BCUT2D eigenvalue weighted by Gasteiger charge is -2.05. The summed E-state index contributed by atoms with van der Waals surface area (Å²) in [7, 11) is 0. The lowest BCUT2D eigenvalue weighted by atomic mass is 10.3. The zero-order valence-corrected chi connectivity index (χ0v) is 10.1. The molecule has 2 aromatic rings. The van der Waals surface area contributed by atoms with Gasteiger partial charge in [0.1, 0.15) is 0 Å². The van der Waals surface area contributed by atoms with E-state index in [0.717, 1.165) is 4.47 Å². The van der Waals surface area contributed by atoms with Crippen LogP contribution in [0.4, 0.5) is 0 Å². The molecule has 0 atom stereocenters. The van der Waals surface area contributed by atoms with Crippen LogP contribution in [0.1, 0.15) is 10.5 Å². The van der Waals surface area contributed by atoms with E-state index in [9.17, 15) is 4.79 Å². The third-order valence-electron chi connectivity index (χ3n) is 1.91. The Morgan fingerprint density at radius 3 is 2.88 bits per heavy atom. The number of hydrogen-bond acceptors (Lipinski definition) is 3. The van der Waals surface area contributed by atoms with E-state index in [2.05, 4.69) is 26.2 Å². The SMILES string of the molecule is O=C(O)c1cnnn1-c1ccc(Br)cc1Cl. The molecule has 7 heteroatoms. The summed E-state index contributed by atoms with van der Waals surface area (Å²) >= 11 is 9.25. The van der Waals surface area contributed by atoms with E-state index in [4.69, 9.17) is 16.7 Å². The zero-order valence-electron chi connectivity index (χ0n) is 7.76. The maximum Gasteiger partial charge on any atom is 0.356 e. The molecule has 1 aromatic carbocycles. The first kappa shape index (κ1) is 11.1. The number of benzene rings is 1. The Labute approximate surface area is 104 Å². The fourth-order valence-corrected chi connectivity index (χ4v) is 1.97. The van der Waals surface area contributed by atoms with Gasteiger partial charge in [-0.3, -0.25) is 0 Å². The smallest absolute Gasteiger partial charge is 0.356 e. The van der Waals surface area contributed by atoms with Gasteiger partial charge in [-0.2, -0.15) is 0 Å². The number of carboxylic acid groups (broad SMARTS) is 1. The molecule has 0 aliphatic rings. The van der Waals surface area contributed by atoms with E-state index in [1.54, 1.807) is 18.2 Å². The number of hydrogen-bond donors (Lipinski definition) is 1. The van der Waals surface area contributed by atoms with Crippen LogP contribution in [0.2, 0.25) is 5.02 Å². The molecule has 0 aliphatic carbocycles. The van der Waals surface area contributed by atoms with E-state index in [0.29, 0.717) is 10.7 Å². The molecule has 5 nitrogen and oxygen atoms in total. The fourth-order valence-electron chi connectivity index (χ4n) is 1.21. The van der Waals surface area contributed by atoms with E-state index in [1.165, 1.54) is 10.9 Å². The Balaban J connectivity index is 2.59. The number of nitrogens with zero attached hydrogens (tertiary/aromatic N) is 3. The van der Waals surface area contributed by atoms with Crippen molar-refractivity contribution in [3.63, 3.8) is 0 Å². The molecule has 2 rings (SSSR count). The first-order valence-corrected chi connectivity index (χ1v) is 5.36. The second kappa shape index (κ2) is 4.23. The molecule has 0 amide bonds. The van der Waals surface area contributed by atoms with Crippen molar-refractivity contribution in [1.82, 2.24) is 15.0 Å². The highest BCUT2D eigenvalue weighted by Crippen LogP contribution is 2.24. The second-order valence-electron chi connectivity index (χ2n) is 2.93. The largest absolute Gasteiger partial charge is 0.476 e. The number of rotatable bonds is 2. The Morgan fingerprint density at radius 1 is 1.50 bits per heavy atom. The zero-order chi connectivity index (χ0) is 11.7. The normalized spacial score (nSPS) is 10.4. The Bertz CT molecular complexity index is 555. The lowest BCUT2D eigenvalue weighted by molar-refractivity contribution is 0.0687. The molecule has 0 fully saturated rings. The molecule has 1 heterocycles. The monoisotopic (exact) mass is 301 g/mol. The summed E-state index contributed by atoms with van der Waals surface area (Å²) in [6.45, 7) is 0. The van der Waals surface area contributed by atoms with Crippen LogP contribution in [0, 0.1) is 0 Å². The van der Waals surface area contributed by atoms with Crippen molar-refractivity contribution in [3.05, 3.63) is 39.6 Å². The van der Waals surface area contributed by atoms with Crippen molar-refractivity contribution < 1.29 is 9.90 Å². The Kier molecular flexibility index (Phi) is 2.93. The molecule has 82 valence electrons. The molecule has 1 aromatic heterocycles. The van der Waals surface area contributed by atoms with Gasteiger partial charge in [0, 0.05) is 4.47 Å². The van der Waals surface area contributed by atoms with Crippen LogP contribution in [0.3, 0.4) is 0 Å². The van der Waals surface area contributed by atoms with Gasteiger partial charge >= 0.3 is 5.97 Å². The van der Waals surface area contributed by atoms with Crippen molar-refractivity contribution in [1.29, 1.82) is 0 Å². The predicted octanol–water partition coefficient (Wildman–Crippen LogP) is 2.38. The quantitative estimate of drug-likeness (QED) is 0.925. The van der Waals surface area contributed by atoms with Crippen LogP contribution in [-0.4, -0.2) is 26.1 Å². The Hall–Kier alpha value is -1.40. The van der Waals surface area contributed by atoms with Gasteiger partial charge in [-0.1, -0.05) is 32.7 Å². The number of aromatic nitrogens is 3. The predicted molar refractivity (Wildman–Crippen MR) is 61.0 cm³/mol. The average molecular weight is 303 g/mol. The molecule has 0 saturated carbocycles. The van der Waals surface area contributed by atoms with Gasteiger partial charge in [0.25, 0.3) is 0 Å². The molecular formula is C9H5BrClN3O2. The standard InChI is InChI=1S/C9H5BrClN3O2/c10-5-1-2-7(6(11)3-5)14-8(9(15)16)4-12-13-14/h1-4H,(H,15,16). The average Bonchev–Trinajstić information content (AvgIpc) is 2.66. The van der Waals surface area contributed by atoms with Gasteiger partial charge in [0.15, 0.2) is 5.69 Å². The first-order valence-electron chi connectivity index (χ1n) is 4.19. The van der Waals surface area contributed by atoms with Gasteiger partial charge in [0.05, 0.1) is 16.9 Å². The van der Waals surface area contributed by atoms with E-state index >= 15 is 0 Å². The summed E-state index contributed by atoms with van der Waals surface area (Å²) in [4.78, 5) is 10.9. The van der Waals surface area contributed by atoms with Crippen LogP contribution >= 0.6 is 27.5 Å². The maximum atomic E-state index is 10.9. The van der Waals surface area contributed by atoms with Crippen molar-refractivity contribution in [2.75, 3.05) is 0 Å². The minimum atomic E-state index is -1.11. The van der Waals surface area contributed by atoms with Crippen LogP contribution in [0.25, 0.3) is 5.69 Å². The van der Waals surface area contributed by atoms with Crippen LogP contribution in [0.5, 0.6) is 0 Å². The maximum absolute atomic E-state index is 10.9. The summed E-state index contributed by atoms with van der Waals surface area (Å²) in [5.41, 5.74) is 0.434. The third kappa shape index (κ3) is 1.94. The van der Waals surface area contributed by atoms with Crippen LogP contribution < -0.4 is 0 Å². The van der Waals surface area contributed by atoms with Crippen LogP contribution in [-0.2, 0) is 0 Å². The van der Waals surface area contributed by atoms with Gasteiger partial charge in [-0.15, -0.1) is 5.10 Å². The third-order valence-corrected chi connectivity index (χ3v) is 2.70. The summed E-state index contributed by atoms with van der Waals surface area (Å²) in [6.07, 6.45) is 1.17. The molecule has 1 N–H and O–H groups in total. The molecule has 0 unspecified atom stereocenters. The molecule has 0 aliphatic heterocycles. The number of carboxylic acids is 1. The summed E-state index contributed by atoms with van der Waals surface area (Å²) in [5, 5.41) is 16.5. The minimum absolute atomic E-state index is 0.0378. The van der Waals surface area contributed by atoms with Gasteiger partial charge in [0.2, 0.25) is 0 Å². The highest BCUT2D eigenvalue weighted by atomic mass is 79.9. The fraction of sp³-hybridized carbons (Fsp3) is 0. The van der Waals surface area contributed by atoms with Crippen molar-refractivity contribution in [2.24, 2.45) is 0 Å². The molecule has 0 bridgehead atoms. The van der Waals surface area contributed by atoms with E-state index in [-0.39, 0.29) is 5.69 Å². The van der Waals surface area contributed by atoms with Gasteiger partial charge in [-0.05, 0) is 18.2 Å². The molecular weight excluding hydrogens is 297 g/mol. The lowest BCUT2D eigenvalue weighted by Crippen LogP contribution is -2.08. The van der Waals surface area contributed by atoms with E-state index in [1.807, 2.05) is 0 Å². The minimum Gasteiger partial charge on any atom is -0.476 e. The number of aromatic carboxylic acids is 1. The Morgan fingerprint density at radius 2 is 2.25 bits per heavy atom. The van der Waals surface area contributed by atoms with Gasteiger partial charge < -0.3 is 5.11 Å². The van der Waals surface area contributed by atoms with E-state index < -0.39 is 5.97 Å². The topological polar surface area (TPSA) is 68.0 Å². The first-order chi connectivity index (χ1) is 7.59. The highest BCUT2D eigenvalue weighted by molar-refractivity contribution is 9.10. The number of halogens is 2. The second-order valence-corrected chi connectivity index (χ2v) is 4.25. The summed E-state index contributed by atoms with van der Waals surface area (Å²) < 4.78 is 1.98. The number of carbonyl (C=O) groups is 1. The molecule has 16 heavy (non-hydrogen) atoms. The highest BCUT2D eigenvalue weighted by Gasteiger charge is 2.15. The summed E-state index contributed by atoms with van der Waals surface area (Å²) in [5.74, 6) is -1.11. The molecule has 0 spiro atoms. The van der Waals surface area contributed by atoms with Crippen molar-refractivity contribution in [3.8, 4) is 5.69 Å².